The van der Waals surface area contributed by atoms with Crippen LogP contribution in [0.5, 0.6) is 0 Å². The largest absolute Gasteiger partial charge is 0.466 e. The van der Waals surface area contributed by atoms with Crippen molar-refractivity contribution in [2.45, 2.75) is 45.3 Å². The number of hydrogen-bond acceptors (Lipinski definition) is 4. The van der Waals surface area contributed by atoms with E-state index in [-0.39, 0.29) is 22.5 Å². The Morgan fingerprint density at radius 2 is 1.84 bits per heavy atom. The molecular weight excluding hydrogens is 262 g/mol. The number of carbonyl (C=O) groups excluding carboxylic acids is 2. The number of amides is 1. The van der Waals surface area contributed by atoms with E-state index in [0.29, 0.717) is 25.4 Å². The van der Waals surface area contributed by atoms with Gasteiger partial charge in [0.15, 0.2) is 0 Å². The zero-order valence-corrected chi connectivity index (χ0v) is 13.2. The molecule has 0 aromatic rings. The lowest BCUT2D eigenvalue weighted by Gasteiger charge is -2.31. The Bertz CT molecular complexity index is 317. The summed E-state index contributed by atoms with van der Waals surface area (Å²) in [7, 11) is 0. The van der Waals surface area contributed by atoms with Gasteiger partial charge in [0.05, 0.1) is 18.3 Å². The van der Waals surface area contributed by atoms with Gasteiger partial charge in [-0.05, 0) is 19.8 Å². The standard InChI is InChI=1S/C14H25NO3S/c1-5-18-13(17)11-6-8-15(9-7-11)12(16)10-19-14(2,3)4/h11H,5-10H2,1-4H3. The number of carbonyl (C=O) groups is 2. The summed E-state index contributed by atoms with van der Waals surface area (Å²) in [6.07, 6.45) is 1.45. The van der Waals surface area contributed by atoms with Crippen molar-refractivity contribution in [1.29, 1.82) is 0 Å². The van der Waals surface area contributed by atoms with Crippen LogP contribution in [0.25, 0.3) is 0 Å². The van der Waals surface area contributed by atoms with E-state index in [1.54, 1.807) is 11.8 Å². The van der Waals surface area contributed by atoms with E-state index in [0.717, 1.165) is 12.8 Å². The van der Waals surface area contributed by atoms with Crippen LogP contribution in [0.1, 0.15) is 40.5 Å². The number of likely N-dealkylation sites (tertiary alicyclic amines) is 1. The summed E-state index contributed by atoms with van der Waals surface area (Å²) in [5, 5.41) is 0. The van der Waals surface area contributed by atoms with Gasteiger partial charge in [0.25, 0.3) is 0 Å². The molecule has 0 bridgehead atoms. The molecule has 0 aliphatic carbocycles. The Labute approximate surface area is 120 Å². The van der Waals surface area contributed by atoms with Crippen molar-refractivity contribution >= 4 is 23.6 Å². The molecule has 5 heteroatoms. The van der Waals surface area contributed by atoms with Gasteiger partial charge >= 0.3 is 5.97 Å². The summed E-state index contributed by atoms with van der Waals surface area (Å²) >= 11 is 1.67. The third kappa shape index (κ3) is 5.85. The third-order valence-corrected chi connectivity index (χ3v) is 4.35. The Hall–Kier alpha value is -0.710. The van der Waals surface area contributed by atoms with Gasteiger partial charge in [0.2, 0.25) is 5.91 Å². The highest BCUT2D eigenvalue weighted by Crippen LogP contribution is 2.25. The van der Waals surface area contributed by atoms with Gasteiger partial charge in [-0.2, -0.15) is 0 Å². The highest BCUT2D eigenvalue weighted by molar-refractivity contribution is 8.01. The van der Waals surface area contributed by atoms with Crippen LogP contribution >= 0.6 is 11.8 Å². The van der Waals surface area contributed by atoms with Crippen molar-refractivity contribution in [2.75, 3.05) is 25.4 Å². The summed E-state index contributed by atoms with van der Waals surface area (Å²) in [6, 6.07) is 0. The van der Waals surface area contributed by atoms with Crippen LogP contribution < -0.4 is 0 Å². The maximum absolute atomic E-state index is 12.0. The lowest BCUT2D eigenvalue weighted by Crippen LogP contribution is -2.41. The molecule has 1 rings (SSSR count). The quantitative estimate of drug-likeness (QED) is 0.745. The van der Waals surface area contributed by atoms with Crippen molar-refractivity contribution in [1.82, 2.24) is 4.90 Å². The Morgan fingerprint density at radius 1 is 1.26 bits per heavy atom. The summed E-state index contributed by atoms with van der Waals surface area (Å²) < 4.78 is 5.13. The molecule has 0 radical (unpaired) electrons. The number of hydrogen-bond donors (Lipinski definition) is 0. The van der Waals surface area contributed by atoms with Gasteiger partial charge in [-0.25, -0.2) is 0 Å². The van der Waals surface area contributed by atoms with Gasteiger partial charge in [-0.15, -0.1) is 11.8 Å². The van der Waals surface area contributed by atoms with Gasteiger partial charge in [0.1, 0.15) is 0 Å². The maximum Gasteiger partial charge on any atom is 0.309 e. The summed E-state index contributed by atoms with van der Waals surface area (Å²) in [4.78, 5) is 25.5. The molecule has 0 spiro atoms. The molecule has 0 aromatic heterocycles. The molecule has 0 aromatic carbocycles. The molecule has 1 aliphatic rings. The number of ether oxygens (including phenoxy) is 1. The van der Waals surface area contributed by atoms with Gasteiger partial charge in [-0.3, -0.25) is 9.59 Å². The maximum atomic E-state index is 12.0. The summed E-state index contributed by atoms with van der Waals surface area (Å²) in [5.74, 6) is 0.563. The van der Waals surface area contributed by atoms with Crippen molar-refractivity contribution in [3.63, 3.8) is 0 Å². The van der Waals surface area contributed by atoms with E-state index in [4.69, 9.17) is 4.74 Å². The number of esters is 1. The fourth-order valence-electron chi connectivity index (χ4n) is 1.99. The number of nitrogens with zero attached hydrogens (tertiary/aromatic N) is 1. The first-order chi connectivity index (χ1) is 8.83. The molecule has 19 heavy (non-hydrogen) atoms. The molecule has 0 N–H and O–H groups in total. The second-order valence-electron chi connectivity index (χ2n) is 5.81. The monoisotopic (exact) mass is 287 g/mol. The second-order valence-corrected chi connectivity index (χ2v) is 7.61. The molecule has 1 amide bonds. The SMILES string of the molecule is CCOC(=O)C1CCN(C(=O)CSC(C)(C)C)CC1. The predicted octanol–water partition coefficient (Wildman–Crippen LogP) is 2.32. The second kappa shape index (κ2) is 7.17. The third-order valence-electron chi connectivity index (χ3n) is 3.10. The normalized spacial score (nSPS) is 17.4. The van der Waals surface area contributed by atoms with E-state index in [1.807, 2.05) is 11.8 Å². The van der Waals surface area contributed by atoms with E-state index in [2.05, 4.69) is 20.8 Å². The van der Waals surface area contributed by atoms with Crippen molar-refractivity contribution < 1.29 is 14.3 Å². The number of piperidine rings is 1. The van der Waals surface area contributed by atoms with Crippen molar-refractivity contribution in [2.24, 2.45) is 5.92 Å². The molecule has 1 aliphatic heterocycles. The molecule has 1 saturated heterocycles. The molecular formula is C14H25NO3S. The average molecular weight is 287 g/mol. The minimum Gasteiger partial charge on any atom is -0.466 e. The van der Waals surface area contributed by atoms with E-state index in [9.17, 15) is 9.59 Å². The molecule has 4 nitrogen and oxygen atoms in total. The average Bonchev–Trinajstić information content (AvgIpc) is 2.35. The topological polar surface area (TPSA) is 46.6 Å². The predicted molar refractivity (Wildman–Crippen MR) is 78.1 cm³/mol. The highest BCUT2D eigenvalue weighted by atomic mass is 32.2. The van der Waals surface area contributed by atoms with Crippen LogP contribution in [0, 0.1) is 5.92 Å². The molecule has 0 unspecified atom stereocenters. The molecule has 110 valence electrons. The van der Waals surface area contributed by atoms with Crippen LogP contribution in [-0.4, -0.2) is 47.0 Å². The first kappa shape index (κ1) is 16.3. The zero-order chi connectivity index (χ0) is 14.5. The fraction of sp³-hybridized carbons (Fsp3) is 0.857. The number of rotatable bonds is 4. The minimum atomic E-state index is -0.112. The van der Waals surface area contributed by atoms with Gasteiger partial charge < -0.3 is 9.64 Å². The van der Waals surface area contributed by atoms with Gasteiger partial charge in [-0.1, -0.05) is 20.8 Å². The van der Waals surface area contributed by atoms with Crippen LogP contribution in [0.4, 0.5) is 0 Å². The summed E-state index contributed by atoms with van der Waals surface area (Å²) in [5.41, 5.74) is 0. The first-order valence-corrected chi connectivity index (χ1v) is 7.90. The Morgan fingerprint density at radius 3 is 2.32 bits per heavy atom. The number of thioether (sulfide) groups is 1. The first-order valence-electron chi connectivity index (χ1n) is 6.92. The fourth-order valence-corrected chi connectivity index (χ4v) is 2.73. The van der Waals surface area contributed by atoms with Crippen LogP contribution in [-0.2, 0) is 14.3 Å². The zero-order valence-electron chi connectivity index (χ0n) is 12.4. The van der Waals surface area contributed by atoms with Crippen LogP contribution in [0.3, 0.4) is 0 Å². The van der Waals surface area contributed by atoms with Crippen LogP contribution in [0.15, 0.2) is 0 Å². The van der Waals surface area contributed by atoms with E-state index in [1.165, 1.54) is 0 Å². The van der Waals surface area contributed by atoms with E-state index >= 15 is 0 Å². The van der Waals surface area contributed by atoms with Crippen LogP contribution in [0.2, 0.25) is 0 Å². The summed E-state index contributed by atoms with van der Waals surface area (Å²) in [6.45, 7) is 9.92. The minimum absolute atomic E-state index is 0.0285. The smallest absolute Gasteiger partial charge is 0.309 e. The molecule has 0 saturated carbocycles. The van der Waals surface area contributed by atoms with Gasteiger partial charge in [0, 0.05) is 17.8 Å². The molecule has 1 fully saturated rings. The van der Waals surface area contributed by atoms with E-state index < -0.39 is 0 Å². The Balaban J connectivity index is 2.33. The van der Waals surface area contributed by atoms with Crippen molar-refractivity contribution in [3.05, 3.63) is 0 Å². The Kier molecular flexibility index (Phi) is 6.17. The highest BCUT2D eigenvalue weighted by Gasteiger charge is 2.28. The molecule has 0 atom stereocenters. The van der Waals surface area contributed by atoms with Crippen molar-refractivity contribution in [3.8, 4) is 0 Å². The lowest BCUT2D eigenvalue weighted by molar-refractivity contribution is -0.151. The lowest BCUT2D eigenvalue weighted by atomic mass is 9.97. The molecule has 1 heterocycles.